The molecule has 2 heterocycles. The van der Waals surface area contributed by atoms with Gasteiger partial charge in [-0.2, -0.15) is 8.78 Å². The summed E-state index contributed by atoms with van der Waals surface area (Å²) in [5.41, 5.74) is 0.273. The average molecular weight is 479 g/mol. The van der Waals surface area contributed by atoms with Gasteiger partial charge in [-0.1, -0.05) is 0 Å². The lowest BCUT2D eigenvalue weighted by Gasteiger charge is -2.12. The van der Waals surface area contributed by atoms with Crippen LogP contribution in [0.25, 0.3) is 10.9 Å². The number of aliphatic carboxylic acids is 1. The number of rotatable bonds is 7. The quantitative estimate of drug-likeness (QED) is 0.362. The molecule has 0 aliphatic carbocycles. The molecule has 0 spiro atoms. The predicted octanol–water partition coefficient (Wildman–Crippen LogP) is 5.42. The van der Waals surface area contributed by atoms with Crippen LogP contribution in [-0.2, 0) is 11.2 Å². The van der Waals surface area contributed by atoms with Crippen LogP contribution in [-0.4, -0.2) is 40.3 Å². The monoisotopic (exact) mass is 479 g/mol. The summed E-state index contributed by atoms with van der Waals surface area (Å²) in [5, 5.41) is 4.78. The number of hydrogen-bond donors (Lipinski definition) is 1. The van der Waals surface area contributed by atoms with E-state index in [9.17, 15) is 36.6 Å². The van der Waals surface area contributed by atoms with Crippen molar-refractivity contribution in [3.8, 4) is 5.75 Å². The first kappa shape index (κ1) is 23.1. The van der Waals surface area contributed by atoms with E-state index in [2.05, 4.69) is 0 Å². The first-order valence-electron chi connectivity index (χ1n) is 8.55. The number of nitrogens with zero attached hydrogens (tertiary/aromatic N) is 1. The van der Waals surface area contributed by atoms with Gasteiger partial charge in [0.05, 0.1) is 28.1 Å². The number of thiophene rings is 1. The zero-order valence-electron chi connectivity index (χ0n) is 15.9. The van der Waals surface area contributed by atoms with Crippen molar-refractivity contribution in [2.24, 2.45) is 0 Å². The molecule has 12 heteroatoms. The van der Waals surface area contributed by atoms with E-state index in [-0.39, 0.29) is 48.8 Å². The molecule has 3 aromatic rings. The number of carbonyl (C=O) groups is 2. The Morgan fingerprint density at radius 1 is 1.26 bits per heavy atom. The minimum Gasteiger partial charge on any atom is -0.494 e. The number of benzene rings is 1. The molecule has 166 valence electrons. The molecular formula is C19H14F5NO4S2. The van der Waals surface area contributed by atoms with Gasteiger partial charge in [0.15, 0.2) is 11.6 Å². The number of hydrogen-bond acceptors (Lipinski definition) is 5. The van der Waals surface area contributed by atoms with Gasteiger partial charge in [-0.05, 0) is 48.5 Å². The molecule has 31 heavy (non-hydrogen) atoms. The Morgan fingerprint density at radius 2 is 1.94 bits per heavy atom. The number of carbonyl (C=O) groups excluding carboxylic acids is 1. The van der Waals surface area contributed by atoms with Gasteiger partial charge in [0.25, 0.3) is 5.91 Å². The highest BCUT2D eigenvalue weighted by Crippen LogP contribution is 2.43. The third kappa shape index (κ3) is 4.26. The van der Waals surface area contributed by atoms with Gasteiger partial charge in [-0.25, -0.2) is 13.2 Å². The van der Waals surface area contributed by atoms with Crippen LogP contribution < -0.4 is 4.74 Å². The van der Waals surface area contributed by atoms with E-state index in [1.165, 1.54) is 32.2 Å². The summed E-state index contributed by atoms with van der Waals surface area (Å²) >= 11 is 0.213. The fourth-order valence-corrected chi connectivity index (χ4v) is 5.01. The highest BCUT2D eigenvalue weighted by atomic mass is 32.2. The smallest absolute Gasteiger partial charge is 0.358 e. The van der Waals surface area contributed by atoms with Gasteiger partial charge in [0.2, 0.25) is 0 Å². The fraction of sp³-hybridized carbons (Fsp3) is 0.263. The molecule has 0 saturated carbocycles. The SMILES string of the molecule is COc1ccc2c(c1F)c(CC(=O)O)c(C)n2C(=O)c1ccc(SC(F)(F)C(F)F)s1. The highest BCUT2D eigenvalue weighted by molar-refractivity contribution is 8.02. The third-order valence-corrected chi connectivity index (χ3v) is 6.59. The number of carboxylic acid groups (broad SMARTS) is 1. The van der Waals surface area contributed by atoms with Crippen molar-refractivity contribution in [3.05, 3.63) is 46.2 Å². The second-order valence-corrected chi connectivity index (χ2v) is 8.86. The summed E-state index contributed by atoms with van der Waals surface area (Å²) in [6.45, 7) is 1.43. The second kappa shape index (κ2) is 8.50. The molecule has 0 fully saturated rings. The van der Waals surface area contributed by atoms with Crippen LogP contribution in [0.1, 0.15) is 20.9 Å². The number of ether oxygens (including phenoxy) is 1. The van der Waals surface area contributed by atoms with Crippen molar-refractivity contribution in [2.75, 3.05) is 7.11 Å². The molecule has 0 amide bonds. The fourth-order valence-electron chi connectivity index (χ4n) is 3.08. The van der Waals surface area contributed by atoms with E-state index in [0.717, 1.165) is 10.6 Å². The zero-order chi connectivity index (χ0) is 23.1. The number of carboxylic acids is 1. The Balaban J connectivity index is 2.11. The Labute approximate surface area is 180 Å². The van der Waals surface area contributed by atoms with Crippen LogP contribution in [0.4, 0.5) is 22.0 Å². The minimum absolute atomic E-state index is 0.0580. The topological polar surface area (TPSA) is 68.5 Å². The summed E-state index contributed by atoms with van der Waals surface area (Å²) in [5.74, 6) is -2.97. The summed E-state index contributed by atoms with van der Waals surface area (Å²) < 4.78 is 72.2. The summed E-state index contributed by atoms with van der Waals surface area (Å²) in [4.78, 5) is 24.3. The van der Waals surface area contributed by atoms with Crippen LogP contribution in [0.2, 0.25) is 0 Å². The van der Waals surface area contributed by atoms with Crippen LogP contribution in [0.3, 0.4) is 0 Å². The molecule has 0 aliphatic heterocycles. The van der Waals surface area contributed by atoms with E-state index >= 15 is 0 Å². The van der Waals surface area contributed by atoms with Crippen LogP contribution in [0.15, 0.2) is 28.5 Å². The molecule has 3 rings (SSSR count). The molecule has 0 atom stereocenters. The Bertz CT molecular complexity index is 1170. The van der Waals surface area contributed by atoms with Crippen molar-refractivity contribution in [1.29, 1.82) is 0 Å². The largest absolute Gasteiger partial charge is 0.494 e. The number of methoxy groups -OCH3 is 1. The van der Waals surface area contributed by atoms with Crippen molar-refractivity contribution < 1.29 is 41.4 Å². The predicted molar refractivity (Wildman–Crippen MR) is 105 cm³/mol. The molecule has 2 aromatic heterocycles. The molecular weight excluding hydrogens is 465 g/mol. The van der Waals surface area contributed by atoms with Gasteiger partial charge < -0.3 is 9.84 Å². The molecule has 5 nitrogen and oxygen atoms in total. The number of alkyl halides is 4. The van der Waals surface area contributed by atoms with Crippen molar-refractivity contribution >= 4 is 45.9 Å². The lowest BCUT2D eigenvalue weighted by molar-refractivity contribution is -0.136. The van der Waals surface area contributed by atoms with Gasteiger partial charge in [0, 0.05) is 11.1 Å². The van der Waals surface area contributed by atoms with E-state index < -0.39 is 35.8 Å². The number of halogens is 5. The number of fused-ring (bicyclic) bond motifs is 1. The van der Waals surface area contributed by atoms with E-state index in [1.54, 1.807) is 0 Å². The van der Waals surface area contributed by atoms with Gasteiger partial charge >= 0.3 is 17.6 Å². The van der Waals surface area contributed by atoms with Crippen molar-refractivity contribution in [1.82, 2.24) is 4.57 Å². The number of thioether (sulfide) groups is 1. The van der Waals surface area contributed by atoms with E-state index in [1.807, 2.05) is 0 Å². The van der Waals surface area contributed by atoms with Crippen molar-refractivity contribution in [3.63, 3.8) is 0 Å². The summed E-state index contributed by atoms with van der Waals surface area (Å²) in [7, 11) is 1.23. The lowest BCUT2D eigenvalue weighted by Crippen LogP contribution is -2.21. The van der Waals surface area contributed by atoms with E-state index in [0.29, 0.717) is 11.3 Å². The average Bonchev–Trinajstić information content (AvgIpc) is 3.24. The normalized spacial score (nSPS) is 12.0. The molecule has 1 N–H and O–H groups in total. The van der Waals surface area contributed by atoms with Gasteiger partial charge in [0.1, 0.15) is 0 Å². The summed E-state index contributed by atoms with van der Waals surface area (Å²) in [6.07, 6.45) is -4.45. The molecule has 0 saturated heterocycles. The highest BCUT2D eigenvalue weighted by Gasteiger charge is 2.42. The molecule has 0 aliphatic rings. The maximum Gasteiger partial charge on any atom is 0.358 e. The van der Waals surface area contributed by atoms with Crippen molar-refractivity contribution in [2.45, 2.75) is 29.2 Å². The lowest BCUT2D eigenvalue weighted by atomic mass is 10.1. The van der Waals surface area contributed by atoms with Crippen LogP contribution >= 0.6 is 23.1 Å². The maximum absolute atomic E-state index is 14.9. The first-order valence-corrected chi connectivity index (χ1v) is 10.2. The summed E-state index contributed by atoms with van der Waals surface area (Å²) in [6, 6.07) is 4.95. The molecule has 0 bridgehead atoms. The Morgan fingerprint density at radius 3 is 2.52 bits per heavy atom. The molecule has 1 aromatic carbocycles. The Hall–Kier alpha value is -2.60. The Kier molecular flexibility index (Phi) is 6.33. The molecule has 0 radical (unpaired) electrons. The van der Waals surface area contributed by atoms with Gasteiger partial charge in [-0.15, -0.1) is 11.3 Å². The van der Waals surface area contributed by atoms with Crippen LogP contribution in [0.5, 0.6) is 5.75 Å². The standard InChI is InChI=1S/C19H14F5NO4S2/c1-8-9(7-13(26)27)15-10(3-4-11(29-2)16(15)20)25(8)17(28)12-5-6-14(30-12)31-19(23,24)18(21)22/h3-6,18H,7H2,1-2H3,(H,26,27). The number of aromatic nitrogens is 1. The first-order chi connectivity index (χ1) is 14.5. The zero-order valence-corrected chi connectivity index (χ0v) is 17.6. The maximum atomic E-state index is 14.9. The molecule has 0 unspecified atom stereocenters. The van der Waals surface area contributed by atoms with Gasteiger partial charge in [-0.3, -0.25) is 14.2 Å². The second-order valence-electron chi connectivity index (χ2n) is 6.33. The van der Waals surface area contributed by atoms with E-state index in [4.69, 9.17) is 4.74 Å². The van der Waals surface area contributed by atoms with Crippen LogP contribution in [0, 0.1) is 12.7 Å². The third-order valence-electron chi connectivity index (χ3n) is 4.43. The minimum atomic E-state index is -4.32.